The van der Waals surface area contributed by atoms with Crippen LogP contribution in [0.1, 0.15) is 5.69 Å². The number of para-hydroxylation sites is 1. The summed E-state index contributed by atoms with van der Waals surface area (Å²) in [5.41, 5.74) is 1.92. The summed E-state index contributed by atoms with van der Waals surface area (Å²) < 4.78 is 8.42. The predicted molar refractivity (Wildman–Crippen MR) is 87.5 cm³/mol. The van der Waals surface area contributed by atoms with Gasteiger partial charge in [-0.05, 0) is 35.0 Å². The van der Waals surface area contributed by atoms with Gasteiger partial charge in [0.1, 0.15) is 17.9 Å². The Morgan fingerprint density at radius 1 is 1.23 bits per heavy atom. The Hall–Kier alpha value is -2.41. The van der Waals surface area contributed by atoms with Crippen molar-refractivity contribution < 1.29 is 4.74 Å². The van der Waals surface area contributed by atoms with Crippen molar-refractivity contribution in [2.24, 2.45) is 7.05 Å². The highest BCUT2D eigenvalue weighted by Crippen LogP contribution is 2.29. The molecule has 0 amide bonds. The van der Waals surface area contributed by atoms with E-state index >= 15 is 0 Å². The number of hydrogen-bond acceptors (Lipinski definition) is 5. The fourth-order valence-corrected chi connectivity index (χ4v) is 2.23. The van der Waals surface area contributed by atoms with Crippen molar-refractivity contribution >= 4 is 27.4 Å². The van der Waals surface area contributed by atoms with Gasteiger partial charge in [0.2, 0.25) is 5.88 Å². The number of aryl methyl sites for hydroxylation is 1. The number of nitrogens with one attached hydrogen (secondary N) is 1. The van der Waals surface area contributed by atoms with Crippen LogP contribution in [0.25, 0.3) is 0 Å². The predicted octanol–water partition coefficient (Wildman–Crippen LogP) is 3.82. The Balaban J connectivity index is 1.81. The van der Waals surface area contributed by atoms with Crippen LogP contribution in [0.15, 0.2) is 47.3 Å². The zero-order valence-electron chi connectivity index (χ0n) is 12.1. The Kier molecular flexibility index (Phi) is 4.06. The van der Waals surface area contributed by atoms with Gasteiger partial charge < -0.3 is 10.1 Å². The average molecular weight is 360 g/mol. The van der Waals surface area contributed by atoms with Crippen molar-refractivity contribution in [3.05, 3.63) is 53.0 Å². The van der Waals surface area contributed by atoms with Crippen LogP contribution in [-0.4, -0.2) is 19.7 Å². The van der Waals surface area contributed by atoms with E-state index in [2.05, 4.69) is 36.3 Å². The fourth-order valence-electron chi connectivity index (χ4n) is 1.86. The molecule has 112 valence electrons. The molecular formula is C15H14BrN5O. The molecule has 22 heavy (non-hydrogen) atoms. The van der Waals surface area contributed by atoms with Gasteiger partial charge in [-0.3, -0.25) is 4.68 Å². The van der Waals surface area contributed by atoms with E-state index in [1.807, 2.05) is 38.2 Å². The third-order valence-corrected chi connectivity index (χ3v) is 3.85. The number of anilines is 2. The Labute approximate surface area is 136 Å². The zero-order chi connectivity index (χ0) is 15.5. The third-order valence-electron chi connectivity index (χ3n) is 3.19. The molecule has 2 heterocycles. The Bertz CT molecular complexity index is 802. The molecule has 0 aliphatic rings. The minimum Gasteiger partial charge on any atom is -0.438 e. The molecule has 1 N–H and O–H groups in total. The normalized spacial score (nSPS) is 10.5. The lowest BCUT2D eigenvalue weighted by Gasteiger charge is -2.08. The van der Waals surface area contributed by atoms with Gasteiger partial charge in [-0.1, -0.05) is 12.1 Å². The first-order valence-electron chi connectivity index (χ1n) is 6.63. The van der Waals surface area contributed by atoms with E-state index < -0.39 is 0 Å². The maximum atomic E-state index is 5.76. The molecule has 0 radical (unpaired) electrons. The summed E-state index contributed by atoms with van der Waals surface area (Å²) in [4.78, 5) is 8.33. The summed E-state index contributed by atoms with van der Waals surface area (Å²) in [6.07, 6.45) is 3.21. The molecule has 0 unspecified atom stereocenters. The Morgan fingerprint density at radius 3 is 2.77 bits per heavy atom. The first kappa shape index (κ1) is 14.5. The number of halogens is 1. The quantitative estimate of drug-likeness (QED) is 0.766. The van der Waals surface area contributed by atoms with Gasteiger partial charge in [-0.25, -0.2) is 9.97 Å². The molecule has 0 bridgehead atoms. The van der Waals surface area contributed by atoms with Crippen molar-refractivity contribution in [1.82, 2.24) is 19.7 Å². The molecule has 3 aromatic rings. The lowest BCUT2D eigenvalue weighted by atomic mass is 10.3. The second-order valence-electron chi connectivity index (χ2n) is 4.67. The molecule has 3 rings (SSSR count). The zero-order valence-corrected chi connectivity index (χ0v) is 13.7. The number of ether oxygens (including phenoxy) is 1. The molecule has 0 saturated carbocycles. The maximum absolute atomic E-state index is 5.76. The number of benzene rings is 1. The van der Waals surface area contributed by atoms with E-state index in [-0.39, 0.29) is 0 Å². The van der Waals surface area contributed by atoms with E-state index in [0.717, 1.165) is 15.9 Å². The molecule has 0 spiro atoms. The van der Waals surface area contributed by atoms with Crippen LogP contribution in [0.3, 0.4) is 0 Å². The highest BCUT2D eigenvalue weighted by Gasteiger charge is 2.07. The standard InChI is InChI=1S/C15H14BrN5O/c1-10-12(8-19-21(10)2)20-14-7-15(18-9-17-14)22-13-6-4-3-5-11(13)16/h3-9H,1-2H3,(H,17,18,20). The first-order chi connectivity index (χ1) is 10.6. The second kappa shape index (κ2) is 6.15. The molecular weight excluding hydrogens is 346 g/mol. The topological polar surface area (TPSA) is 64.9 Å². The van der Waals surface area contributed by atoms with Crippen molar-refractivity contribution in [1.29, 1.82) is 0 Å². The van der Waals surface area contributed by atoms with Crippen LogP contribution in [0.2, 0.25) is 0 Å². The van der Waals surface area contributed by atoms with Crippen LogP contribution >= 0.6 is 15.9 Å². The SMILES string of the molecule is Cc1c(Nc2cc(Oc3ccccc3Br)ncn2)cnn1C. The summed E-state index contributed by atoms with van der Waals surface area (Å²) in [7, 11) is 1.89. The third kappa shape index (κ3) is 3.09. The van der Waals surface area contributed by atoms with Crippen LogP contribution in [0.5, 0.6) is 11.6 Å². The molecule has 0 aliphatic heterocycles. The van der Waals surface area contributed by atoms with E-state index in [0.29, 0.717) is 17.4 Å². The van der Waals surface area contributed by atoms with Gasteiger partial charge in [-0.15, -0.1) is 0 Å². The van der Waals surface area contributed by atoms with Gasteiger partial charge in [0.25, 0.3) is 0 Å². The lowest BCUT2D eigenvalue weighted by molar-refractivity contribution is 0.459. The summed E-state index contributed by atoms with van der Waals surface area (Å²) >= 11 is 3.44. The summed E-state index contributed by atoms with van der Waals surface area (Å²) in [6.45, 7) is 1.98. The van der Waals surface area contributed by atoms with E-state index in [1.54, 1.807) is 16.9 Å². The number of rotatable bonds is 4. The highest BCUT2D eigenvalue weighted by molar-refractivity contribution is 9.10. The van der Waals surface area contributed by atoms with Crippen LogP contribution in [0, 0.1) is 6.92 Å². The molecule has 6 nitrogen and oxygen atoms in total. The molecule has 0 aliphatic carbocycles. The van der Waals surface area contributed by atoms with Gasteiger partial charge in [0.15, 0.2) is 0 Å². The first-order valence-corrected chi connectivity index (χ1v) is 7.43. The number of hydrogen-bond donors (Lipinski definition) is 1. The van der Waals surface area contributed by atoms with Crippen LogP contribution < -0.4 is 10.1 Å². The minimum absolute atomic E-state index is 0.464. The summed E-state index contributed by atoms with van der Waals surface area (Å²) in [5, 5.41) is 7.40. The molecule has 1 aromatic carbocycles. The van der Waals surface area contributed by atoms with Gasteiger partial charge in [-0.2, -0.15) is 5.10 Å². The van der Waals surface area contributed by atoms with Crippen LogP contribution in [-0.2, 0) is 7.05 Å². The number of aromatic nitrogens is 4. The molecule has 0 fully saturated rings. The van der Waals surface area contributed by atoms with Crippen molar-refractivity contribution in [3.63, 3.8) is 0 Å². The molecule has 0 atom stereocenters. The smallest absolute Gasteiger partial charge is 0.224 e. The highest BCUT2D eigenvalue weighted by atomic mass is 79.9. The van der Waals surface area contributed by atoms with Gasteiger partial charge in [0, 0.05) is 13.1 Å². The number of nitrogens with zero attached hydrogens (tertiary/aromatic N) is 4. The van der Waals surface area contributed by atoms with Gasteiger partial charge in [0.05, 0.1) is 22.1 Å². The van der Waals surface area contributed by atoms with Crippen molar-refractivity contribution in [2.75, 3.05) is 5.32 Å². The van der Waals surface area contributed by atoms with E-state index in [9.17, 15) is 0 Å². The summed E-state index contributed by atoms with van der Waals surface area (Å²) in [6, 6.07) is 9.35. The molecule has 7 heteroatoms. The fraction of sp³-hybridized carbons (Fsp3) is 0.133. The lowest BCUT2D eigenvalue weighted by Crippen LogP contribution is -1.98. The monoisotopic (exact) mass is 359 g/mol. The van der Waals surface area contributed by atoms with E-state index in [1.165, 1.54) is 6.33 Å². The summed E-state index contributed by atoms with van der Waals surface area (Å²) in [5.74, 6) is 1.81. The van der Waals surface area contributed by atoms with Gasteiger partial charge >= 0.3 is 0 Å². The molecule has 2 aromatic heterocycles. The second-order valence-corrected chi connectivity index (χ2v) is 5.52. The van der Waals surface area contributed by atoms with Crippen molar-refractivity contribution in [2.45, 2.75) is 6.92 Å². The molecule has 0 saturated heterocycles. The maximum Gasteiger partial charge on any atom is 0.224 e. The van der Waals surface area contributed by atoms with Crippen LogP contribution in [0.4, 0.5) is 11.5 Å². The Morgan fingerprint density at radius 2 is 2.05 bits per heavy atom. The van der Waals surface area contributed by atoms with E-state index in [4.69, 9.17) is 4.74 Å². The minimum atomic E-state index is 0.464. The average Bonchev–Trinajstić information content (AvgIpc) is 2.82. The van der Waals surface area contributed by atoms with Crippen molar-refractivity contribution in [3.8, 4) is 11.6 Å². The largest absolute Gasteiger partial charge is 0.438 e.